The molecule has 0 saturated carbocycles. The van der Waals surface area contributed by atoms with E-state index < -0.39 is 4.92 Å². The van der Waals surface area contributed by atoms with Crippen molar-refractivity contribution < 1.29 is 9.72 Å². The number of nitrogen functional groups attached to an aromatic ring is 1. The zero-order valence-electron chi connectivity index (χ0n) is 15.5. The largest absolute Gasteiger partial charge is 0.397 e. The zero-order chi connectivity index (χ0) is 20.6. The van der Waals surface area contributed by atoms with Crippen molar-refractivity contribution >= 4 is 34.7 Å². The maximum absolute atomic E-state index is 12.0. The van der Waals surface area contributed by atoms with Crippen molar-refractivity contribution in [3.63, 3.8) is 0 Å². The number of nitrogens with two attached hydrogens (primary N) is 1. The first kappa shape index (κ1) is 19.6. The van der Waals surface area contributed by atoms with E-state index in [1.54, 1.807) is 42.5 Å². The molecule has 7 nitrogen and oxygen atoms in total. The molecule has 0 atom stereocenters. The van der Waals surface area contributed by atoms with Crippen LogP contribution in [-0.4, -0.2) is 10.8 Å². The van der Waals surface area contributed by atoms with Crippen molar-refractivity contribution in [3.05, 3.63) is 100 Å². The zero-order valence-corrected chi connectivity index (χ0v) is 15.5. The normalized spacial score (nSPS) is 10.6. The van der Waals surface area contributed by atoms with E-state index in [4.69, 9.17) is 5.73 Å². The van der Waals surface area contributed by atoms with Gasteiger partial charge in [-0.3, -0.25) is 14.9 Å². The summed E-state index contributed by atoms with van der Waals surface area (Å²) in [6.07, 6.45) is 3.18. The average Bonchev–Trinajstić information content (AvgIpc) is 2.73. The molecule has 0 aliphatic heterocycles. The van der Waals surface area contributed by atoms with Crippen molar-refractivity contribution in [2.45, 2.75) is 6.54 Å². The summed E-state index contributed by atoms with van der Waals surface area (Å²) in [6, 6.07) is 21.1. The van der Waals surface area contributed by atoms with Gasteiger partial charge in [0.15, 0.2) is 0 Å². The Kier molecular flexibility index (Phi) is 6.22. The van der Waals surface area contributed by atoms with E-state index in [-0.39, 0.29) is 11.6 Å². The fraction of sp³-hybridized carbons (Fsp3) is 0.0455. The number of carbonyl (C=O) groups is 1. The van der Waals surface area contributed by atoms with Crippen molar-refractivity contribution in [1.29, 1.82) is 0 Å². The Hall–Kier alpha value is -4.13. The lowest BCUT2D eigenvalue weighted by Gasteiger charge is -2.07. The summed E-state index contributed by atoms with van der Waals surface area (Å²) >= 11 is 0. The van der Waals surface area contributed by atoms with Crippen LogP contribution in [-0.2, 0) is 11.3 Å². The van der Waals surface area contributed by atoms with Gasteiger partial charge >= 0.3 is 0 Å². The van der Waals surface area contributed by atoms with Gasteiger partial charge in [-0.15, -0.1) is 0 Å². The van der Waals surface area contributed by atoms with E-state index in [1.807, 2.05) is 24.3 Å². The van der Waals surface area contributed by atoms with Crippen LogP contribution in [0.5, 0.6) is 0 Å². The van der Waals surface area contributed by atoms with Crippen LogP contribution < -0.4 is 16.4 Å². The van der Waals surface area contributed by atoms with Gasteiger partial charge in [0.1, 0.15) is 0 Å². The standard InChI is InChI=1S/C22H20N4O3/c23-20-3-1-2-4-21(20)25-22(27)14-9-16-5-7-17(8-6-16)15-24-18-10-12-19(13-11-18)26(28)29/h1-14,24H,15,23H2,(H,25,27)/b14-9+. The molecule has 0 aliphatic rings. The van der Waals surface area contributed by atoms with Crippen LogP contribution >= 0.6 is 0 Å². The molecular formula is C22H20N4O3. The number of para-hydroxylation sites is 2. The molecule has 3 aromatic rings. The van der Waals surface area contributed by atoms with E-state index in [9.17, 15) is 14.9 Å². The Balaban J connectivity index is 1.53. The molecule has 0 bridgehead atoms. The Labute approximate surface area is 168 Å². The number of hydrogen-bond donors (Lipinski definition) is 3. The number of nitrogens with zero attached hydrogens (tertiary/aromatic N) is 1. The lowest BCUT2D eigenvalue weighted by atomic mass is 10.1. The fourth-order valence-corrected chi connectivity index (χ4v) is 2.61. The van der Waals surface area contributed by atoms with Gasteiger partial charge in [0.25, 0.3) is 5.69 Å². The van der Waals surface area contributed by atoms with Crippen LogP contribution in [0, 0.1) is 10.1 Å². The monoisotopic (exact) mass is 388 g/mol. The summed E-state index contributed by atoms with van der Waals surface area (Å²) in [7, 11) is 0. The van der Waals surface area contributed by atoms with Gasteiger partial charge in [-0.1, -0.05) is 36.4 Å². The van der Waals surface area contributed by atoms with Crippen LogP contribution in [0.4, 0.5) is 22.7 Å². The average molecular weight is 388 g/mol. The van der Waals surface area contributed by atoms with Gasteiger partial charge < -0.3 is 16.4 Å². The molecule has 0 saturated heterocycles. The second-order valence-corrected chi connectivity index (χ2v) is 6.31. The molecule has 0 aliphatic carbocycles. The number of carbonyl (C=O) groups excluding carboxylic acids is 1. The highest BCUT2D eigenvalue weighted by atomic mass is 16.6. The fourth-order valence-electron chi connectivity index (χ4n) is 2.61. The molecule has 3 rings (SSSR count). The number of nitrogens with one attached hydrogen (secondary N) is 2. The molecule has 0 unspecified atom stereocenters. The minimum absolute atomic E-state index is 0.0608. The van der Waals surface area contributed by atoms with Gasteiger partial charge in [-0.2, -0.15) is 0 Å². The molecule has 146 valence electrons. The number of nitro groups is 1. The Morgan fingerprint density at radius 2 is 1.69 bits per heavy atom. The van der Waals surface area contributed by atoms with Crippen LogP contribution in [0.15, 0.2) is 78.9 Å². The van der Waals surface area contributed by atoms with Crippen LogP contribution in [0.1, 0.15) is 11.1 Å². The molecule has 0 heterocycles. The number of anilines is 3. The van der Waals surface area contributed by atoms with Crippen molar-refractivity contribution in [2.75, 3.05) is 16.4 Å². The smallest absolute Gasteiger partial charge is 0.269 e. The highest BCUT2D eigenvalue weighted by Crippen LogP contribution is 2.18. The van der Waals surface area contributed by atoms with E-state index in [0.29, 0.717) is 17.9 Å². The Bertz CT molecular complexity index is 1030. The van der Waals surface area contributed by atoms with Gasteiger partial charge in [0, 0.05) is 30.4 Å². The van der Waals surface area contributed by atoms with Gasteiger partial charge in [0.05, 0.1) is 16.3 Å². The van der Waals surface area contributed by atoms with E-state index in [2.05, 4.69) is 10.6 Å². The summed E-state index contributed by atoms with van der Waals surface area (Å²) in [5.74, 6) is -0.258. The summed E-state index contributed by atoms with van der Waals surface area (Å²) in [5, 5.41) is 16.6. The molecule has 0 aromatic heterocycles. The molecule has 0 spiro atoms. The summed E-state index contributed by atoms with van der Waals surface area (Å²) in [6.45, 7) is 0.579. The first-order valence-electron chi connectivity index (χ1n) is 8.92. The topological polar surface area (TPSA) is 110 Å². The second kappa shape index (κ2) is 9.18. The number of amides is 1. The maximum atomic E-state index is 12.0. The van der Waals surface area contributed by atoms with Crippen LogP contribution in [0.25, 0.3) is 6.08 Å². The summed E-state index contributed by atoms with van der Waals surface area (Å²) in [4.78, 5) is 22.3. The van der Waals surface area contributed by atoms with Gasteiger partial charge in [-0.05, 0) is 41.5 Å². The van der Waals surface area contributed by atoms with Crippen LogP contribution in [0.3, 0.4) is 0 Å². The highest BCUT2D eigenvalue weighted by molar-refractivity contribution is 6.03. The van der Waals surface area contributed by atoms with Gasteiger partial charge in [0.2, 0.25) is 5.91 Å². The predicted octanol–water partition coefficient (Wildman–Crippen LogP) is 4.44. The molecule has 3 aromatic carbocycles. The van der Waals surface area contributed by atoms with Gasteiger partial charge in [-0.25, -0.2) is 0 Å². The van der Waals surface area contributed by atoms with Crippen molar-refractivity contribution in [3.8, 4) is 0 Å². The number of benzene rings is 3. The third-order valence-corrected chi connectivity index (χ3v) is 4.20. The highest BCUT2D eigenvalue weighted by Gasteiger charge is 2.04. The number of hydrogen-bond acceptors (Lipinski definition) is 5. The number of nitro benzene ring substituents is 1. The molecular weight excluding hydrogens is 368 g/mol. The molecule has 0 fully saturated rings. The minimum Gasteiger partial charge on any atom is -0.397 e. The predicted molar refractivity (Wildman–Crippen MR) is 115 cm³/mol. The van der Waals surface area contributed by atoms with E-state index in [1.165, 1.54) is 18.2 Å². The Morgan fingerprint density at radius 1 is 1.00 bits per heavy atom. The Morgan fingerprint density at radius 3 is 2.34 bits per heavy atom. The summed E-state index contributed by atoms with van der Waals surface area (Å²) < 4.78 is 0. The first-order valence-corrected chi connectivity index (χ1v) is 8.92. The maximum Gasteiger partial charge on any atom is 0.269 e. The third-order valence-electron chi connectivity index (χ3n) is 4.20. The van der Waals surface area contributed by atoms with Crippen LogP contribution in [0.2, 0.25) is 0 Å². The molecule has 29 heavy (non-hydrogen) atoms. The lowest BCUT2D eigenvalue weighted by Crippen LogP contribution is -2.09. The third kappa shape index (κ3) is 5.67. The minimum atomic E-state index is -0.426. The molecule has 7 heteroatoms. The number of rotatable bonds is 7. The van der Waals surface area contributed by atoms with Crippen molar-refractivity contribution in [2.24, 2.45) is 0 Å². The molecule has 4 N–H and O–H groups in total. The summed E-state index contributed by atoms with van der Waals surface area (Å²) in [5.41, 5.74) is 9.70. The lowest BCUT2D eigenvalue weighted by molar-refractivity contribution is -0.384. The quantitative estimate of drug-likeness (QED) is 0.240. The SMILES string of the molecule is Nc1ccccc1NC(=O)/C=C/c1ccc(CNc2ccc([N+](=O)[O-])cc2)cc1. The van der Waals surface area contributed by atoms with Crippen molar-refractivity contribution in [1.82, 2.24) is 0 Å². The van der Waals surface area contributed by atoms with E-state index in [0.717, 1.165) is 16.8 Å². The van der Waals surface area contributed by atoms with E-state index >= 15 is 0 Å². The first-order chi connectivity index (χ1) is 14.0. The second-order valence-electron chi connectivity index (χ2n) is 6.31. The number of non-ortho nitro benzene ring substituents is 1. The molecule has 1 amide bonds. The molecule has 0 radical (unpaired) electrons.